The lowest BCUT2D eigenvalue weighted by atomic mass is 10.2. The van der Waals surface area contributed by atoms with Crippen LogP contribution in [-0.4, -0.2) is 46.1 Å². The van der Waals surface area contributed by atoms with Crippen LogP contribution in [0.3, 0.4) is 0 Å². The van der Waals surface area contributed by atoms with Crippen LogP contribution >= 0.6 is 0 Å². The van der Waals surface area contributed by atoms with Crippen molar-refractivity contribution in [2.75, 3.05) is 19.8 Å². The Hall–Kier alpha value is -2.97. The standard InChI is InChI=1S/C21H25N5O3/c1-2-27-20-13-16(14-22-15-18-9-6-12-28-18)10-11-19(20)29-21-23-24-25-26(21)17-7-4-3-5-8-17/h3-5,7-8,10-11,13,18,22H,2,6,9,12,14-15H2,1H3/t18-/m1/s1. The number of rotatable bonds is 9. The molecule has 3 aromatic rings. The van der Waals surface area contributed by atoms with Gasteiger partial charge in [-0.2, -0.15) is 4.68 Å². The molecule has 8 nitrogen and oxygen atoms in total. The molecule has 8 heteroatoms. The van der Waals surface area contributed by atoms with Crippen molar-refractivity contribution in [2.24, 2.45) is 0 Å². The summed E-state index contributed by atoms with van der Waals surface area (Å²) in [6, 6.07) is 15.8. The second kappa shape index (κ2) is 9.49. The van der Waals surface area contributed by atoms with Gasteiger partial charge < -0.3 is 19.5 Å². The molecule has 0 spiro atoms. The molecular weight excluding hydrogens is 370 g/mol. The van der Waals surface area contributed by atoms with E-state index in [1.807, 2.05) is 55.5 Å². The van der Waals surface area contributed by atoms with Gasteiger partial charge in [0.25, 0.3) is 0 Å². The molecule has 1 atom stereocenters. The van der Waals surface area contributed by atoms with Gasteiger partial charge >= 0.3 is 6.01 Å². The van der Waals surface area contributed by atoms with Gasteiger partial charge in [0.2, 0.25) is 0 Å². The van der Waals surface area contributed by atoms with E-state index < -0.39 is 0 Å². The van der Waals surface area contributed by atoms with Gasteiger partial charge in [0.1, 0.15) is 0 Å². The zero-order chi connectivity index (χ0) is 19.9. The number of tetrazole rings is 1. The lowest BCUT2D eigenvalue weighted by molar-refractivity contribution is 0.110. The zero-order valence-corrected chi connectivity index (χ0v) is 16.5. The first-order valence-electron chi connectivity index (χ1n) is 9.93. The minimum Gasteiger partial charge on any atom is -0.490 e. The summed E-state index contributed by atoms with van der Waals surface area (Å²) in [5.74, 6) is 1.23. The maximum Gasteiger partial charge on any atom is 0.346 e. The zero-order valence-electron chi connectivity index (χ0n) is 16.5. The third-order valence-electron chi connectivity index (χ3n) is 4.68. The predicted octanol–water partition coefficient (Wildman–Crippen LogP) is 3.12. The fourth-order valence-electron chi connectivity index (χ4n) is 3.27. The minimum absolute atomic E-state index is 0.279. The van der Waals surface area contributed by atoms with E-state index in [1.165, 1.54) is 0 Å². The average molecular weight is 395 g/mol. The highest BCUT2D eigenvalue weighted by atomic mass is 16.5. The van der Waals surface area contributed by atoms with E-state index in [0.717, 1.165) is 43.8 Å². The normalized spacial score (nSPS) is 16.1. The molecule has 0 unspecified atom stereocenters. The summed E-state index contributed by atoms with van der Waals surface area (Å²) in [5, 5.41) is 15.2. The molecule has 1 fully saturated rings. The summed E-state index contributed by atoms with van der Waals surface area (Å²) in [7, 11) is 0. The van der Waals surface area contributed by atoms with Gasteiger partial charge in [-0.15, -0.1) is 0 Å². The molecule has 0 aliphatic carbocycles. The largest absolute Gasteiger partial charge is 0.490 e. The number of ether oxygens (including phenoxy) is 3. The molecule has 0 bridgehead atoms. The average Bonchev–Trinajstić information content (AvgIpc) is 3.43. The SMILES string of the molecule is CCOc1cc(CNC[C@H]2CCCO2)ccc1Oc1nnnn1-c1ccccc1. The first-order chi connectivity index (χ1) is 14.3. The van der Waals surface area contributed by atoms with Crippen LogP contribution in [0, 0.1) is 0 Å². The van der Waals surface area contributed by atoms with Crippen molar-refractivity contribution >= 4 is 0 Å². The molecule has 0 radical (unpaired) electrons. The number of hydrogen-bond donors (Lipinski definition) is 1. The second-order valence-corrected chi connectivity index (χ2v) is 6.79. The molecule has 0 amide bonds. The number of hydrogen-bond acceptors (Lipinski definition) is 7. The fourth-order valence-corrected chi connectivity index (χ4v) is 3.27. The molecule has 1 aliphatic rings. The van der Waals surface area contributed by atoms with Crippen LogP contribution < -0.4 is 14.8 Å². The van der Waals surface area contributed by atoms with E-state index in [2.05, 4.69) is 20.8 Å². The van der Waals surface area contributed by atoms with Gasteiger partial charge in [-0.1, -0.05) is 29.4 Å². The summed E-state index contributed by atoms with van der Waals surface area (Å²) < 4.78 is 19.0. The van der Waals surface area contributed by atoms with Gasteiger partial charge in [-0.05, 0) is 60.0 Å². The Morgan fingerprint density at radius 3 is 2.86 bits per heavy atom. The smallest absolute Gasteiger partial charge is 0.346 e. The van der Waals surface area contributed by atoms with Gasteiger partial charge in [0.05, 0.1) is 18.4 Å². The summed E-state index contributed by atoms with van der Waals surface area (Å²) >= 11 is 0. The van der Waals surface area contributed by atoms with Crippen LogP contribution in [0.15, 0.2) is 48.5 Å². The Balaban J connectivity index is 1.47. The van der Waals surface area contributed by atoms with Crippen molar-refractivity contribution in [3.05, 3.63) is 54.1 Å². The fraction of sp³-hybridized carbons (Fsp3) is 0.381. The number of aromatic nitrogens is 4. The van der Waals surface area contributed by atoms with Crippen LogP contribution in [-0.2, 0) is 11.3 Å². The molecule has 1 aromatic heterocycles. The van der Waals surface area contributed by atoms with E-state index >= 15 is 0 Å². The van der Waals surface area contributed by atoms with Gasteiger partial charge in [0, 0.05) is 19.7 Å². The molecule has 29 heavy (non-hydrogen) atoms. The van der Waals surface area contributed by atoms with E-state index in [9.17, 15) is 0 Å². The van der Waals surface area contributed by atoms with Crippen molar-refractivity contribution in [1.29, 1.82) is 0 Å². The topological polar surface area (TPSA) is 83.3 Å². The lowest BCUT2D eigenvalue weighted by Gasteiger charge is -2.14. The highest BCUT2D eigenvalue weighted by molar-refractivity contribution is 5.44. The predicted molar refractivity (Wildman–Crippen MR) is 108 cm³/mol. The first kappa shape index (κ1) is 19.4. The van der Waals surface area contributed by atoms with E-state index in [0.29, 0.717) is 24.2 Å². The molecule has 1 N–H and O–H groups in total. The minimum atomic E-state index is 0.279. The maximum atomic E-state index is 5.99. The van der Waals surface area contributed by atoms with Crippen molar-refractivity contribution in [3.8, 4) is 23.2 Å². The number of benzene rings is 2. The number of nitrogens with one attached hydrogen (secondary N) is 1. The van der Waals surface area contributed by atoms with Crippen LogP contribution in [0.1, 0.15) is 25.3 Å². The second-order valence-electron chi connectivity index (χ2n) is 6.79. The van der Waals surface area contributed by atoms with Crippen LogP contribution in [0.4, 0.5) is 0 Å². The van der Waals surface area contributed by atoms with Crippen LogP contribution in [0.5, 0.6) is 17.5 Å². The highest BCUT2D eigenvalue weighted by Crippen LogP contribution is 2.32. The Kier molecular flexibility index (Phi) is 6.33. The Morgan fingerprint density at radius 2 is 2.07 bits per heavy atom. The highest BCUT2D eigenvalue weighted by Gasteiger charge is 2.16. The van der Waals surface area contributed by atoms with Gasteiger partial charge in [-0.3, -0.25) is 0 Å². The van der Waals surface area contributed by atoms with Gasteiger partial charge in [-0.25, -0.2) is 0 Å². The number of nitrogens with zero attached hydrogens (tertiary/aromatic N) is 4. The van der Waals surface area contributed by atoms with Crippen molar-refractivity contribution in [3.63, 3.8) is 0 Å². The third-order valence-corrected chi connectivity index (χ3v) is 4.68. The van der Waals surface area contributed by atoms with Crippen molar-refractivity contribution in [1.82, 2.24) is 25.5 Å². The first-order valence-corrected chi connectivity index (χ1v) is 9.93. The molecule has 2 aromatic carbocycles. The molecule has 152 valence electrons. The summed E-state index contributed by atoms with van der Waals surface area (Å²) in [4.78, 5) is 0. The van der Waals surface area contributed by atoms with Crippen molar-refractivity contribution in [2.45, 2.75) is 32.4 Å². The van der Waals surface area contributed by atoms with Crippen LogP contribution in [0.2, 0.25) is 0 Å². The maximum absolute atomic E-state index is 5.99. The molecule has 1 aliphatic heterocycles. The summed E-state index contributed by atoms with van der Waals surface area (Å²) in [6.45, 7) is 4.94. The van der Waals surface area contributed by atoms with E-state index in [4.69, 9.17) is 14.2 Å². The third kappa shape index (κ3) is 4.90. The lowest BCUT2D eigenvalue weighted by Crippen LogP contribution is -2.25. The Bertz CT molecular complexity index is 910. The molecule has 4 rings (SSSR count). The van der Waals surface area contributed by atoms with Gasteiger partial charge in [0.15, 0.2) is 11.5 Å². The summed E-state index contributed by atoms with van der Waals surface area (Å²) in [5.41, 5.74) is 1.93. The Labute approximate surface area is 169 Å². The molecule has 2 heterocycles. The van der Waals surface area contributed by atoms with Crippen LogP contribution in [0.25, 0.3) is 5.69 Å². The molecule has 1 saturated heterocycles. The number of para-hydroxylation sites is 1. The summed E-state index contributed by atoms with van der Waals surface area (Å²) in [6.07, 6.45) is 2.59. The Morgan fingerprint density at radius 1 is 1.17 bits per heavy atom. The molecule has 0 saturated carbocycles. The van der Waals surface area contributed by atoms with Crippen molar-refractivity contribution < 1.29 is 14.2 Å². The molecular formula is C21H25N5O3. The van der Waals surface area contributed by atoms with E-state index in [1.54, 1.807) is 4.68 Å². The van der Waals surface area contributed by atoms with E-state index in [-0.39, 0.29) is 6.01 Å². The monoisotopic (exact) mass is 395 g/mol. The quantitative estimate of drug-likeness (QED) is 0.596.